The smallest absolute Gasteiger partial charge is 0.462 e. The van der Waals surface area contributed by atoms with Crippen LogP contribution in [0, 0.1) is 0 Å². The molecule has 0 radical (unpaired) electrons. The average Bonchev–Trinajstić information content (AvgIpc) is 2.85. The SMILES string of the molecule is CCCCCCCCCCCC(=O)OC[C@H](COP(=O)(O)OCC[N+](C)(C)C)OC(=O)CCCCCCCC. The molecule has 0 spiro atoms. The Balaban J connectivity index is 4.52. The number of nitrogens with zero attached hydrogens (tertiary/aromatic N) is 1. The van der Waals surface area contributed by atoms with Crippen LogP contribution < -0.4 is 0 Å². The van der Waals surface area contributed by atoms with Crippen molar-refractivity contribution in [2.75, 3.05) is 47.5 Å². The first-order chi connectivity index (χ1) is 18.5. The van der Waals surface area contributed by atoms with Crippen LogP contribution in [0.3, 0.4) is 0 Å². The Hall–Kier alpha value is -0.990. The maximum Gasteiger partial charge on any atom is 0.472 e. The van der Waals surface area contributed by atoms with Gasteiger partial charge in [0.1, 0.15) is 19.8 Å². The predicted molar refractivity (Wildman–Crippen MR) is 155 cm³/mol. The second kappa shape index (κ2) is 23.7. The van der Waals surface area contributed by atoms with Gasteiger partial charge in [0, 0.05) is 12.8 Å². The standard InChI is InChI=1S/C29H58NO8P/c1-6-8-10-12-14-15-16-18-19-21-28(31)35-25-27(38-29(32)22-20-17-13-11-9-7-2)26-37-39(33,34)36-24-23-30(3,4)5/h27H,6-26H2,1-5H3/p+1/t27-/m1/s1. The van der Waals surface area contributed by atoms with Crippen molar-refractivity contribution >= 4 is 19.8 Å². The third-order valence-corrected chi connectivity index (χ3v) is 7.37. The molecule has 0 saturated carbocycles. The van der Waals surface area contributed by atoms with Gasteiger partial charge in [0.05, 0.1) is 27.7 Å². The molecule has 0 saturated heterocycles. The largest absolute Gasteiger partial charge is 0.472 e. The second-order valence-electron chi connectivity index (χ2n) is 11.5. The molecule has 10 heteroatoms. The van der Waals surface area contributed by atoms with Gasteiger partial charge in [0.25, 0.3) is 0 Å². The summed E-state index contributed by atoms with van der Waals surface area (Å²) >= 11 is 0. The second-order valence-corrected chi connectivity index (χ2v) is 13.0. The molecule has 1 unspecified atom stereocenters. The third kappa shape index (κ3) is 27.0. The average molecular weight is 581 g/mol. The molecule has 0 aromatic carbocycles. The van der Waals surface area contributed by atoms with E-state index < -0.39 is 26.5 Å². The molecule has 232 valence electrons. The van der Waals surface area contributed by atoms with Crippen LogP contribution in [0.1, 0.15) is 123 Å². The fourth-order valence-electron chi connectivity index (χ4n) is 3.89. The number of carbonyl (C=O) groups excluding carboxylic acids is 2. The molecular formula is C29H59NO8P+. The van der Waals surface area contributed by atoms with Crippen molar-refractivity contribution in [2.45, 2.75) is 129 Å². The van der Waals surface area contributed by atoms with Gasteiger partial charge < -0.3 is 18.9 Å². The summed E-state index contributed by atoms with van der Waals surface area (Å²) in [5, 5.41) is 0. The summed E-state index contributed by atoms with van der Waals surface area (Å²) in [6.45, 7) is 4.30. The van der Waals surface area contributed by atoms with Crippen molar-refractivity contribution in [3.05, 3.63) is 0 Å². The van der Waals surface area contributed by atoms with Crippen LogP contribution in [0.25, 0.3) is 0 Å². The van der Waals surface area contributed by atoms with Crippen LogP contribution >= 0.6 is 7.82 Å². The fourth-order valence-corrected chi connectivity index (χ4v) is 4.63. The molecule has 0 aromatic heterocycles. The minimum atomic E-state index is -4.34. The molecule has 1 N–H and O–H groups in total. The summed E-state index contributed by atoms with van der Waals surface area (Å²) in [7, 11) is 1.48. The van der Waals surface area contributed by atoms with Crippen molar-refractivity contribution in [1.29, 1.82) is 0 Å². The van der Waals surface area contributed by atoms with Crippen molar-refractivity contribution < 1.29 is 42.1 Å². The van der Waals surface area contributed by atoms with Crippen molar-refractivity contribution in [3.63, 3.8) is 0 Å². The molecule has 0 aliphatic carbocycles. The highest BCUT2D eigenvalue weighted by molar-refractivity contribution is 7.47. The number of hydrogen-bond donors (Lipinski definition) is 1. The number of phosphoric acid groups is 1. The lowest BCUT2D eigenvalue weighted by molar-refractivity contribution is -0.870. The molecule has 0 aliphatic heterocycles. The number of esters is 2. The lowest BCUT2D eigenvalue weighted by Crippen LogP contribution is -2.37. The van der Waals surface area contributed by atoms with Gasteiger partial charge in [-0.05, 0) is 12.8 Å². The Morgan fingerprint density at radius 1 is 0.692 bits per heavy atom. The van der Waals surface area contributed by atoms with E-state index in [2.05, 4.69) is 13.8 Å². The number of carbonyl (C=O) groups is 2. The number of ether oxygens (including phenoxy) is 2. The zero-order valence-electron chi connectivity index (χ0n) is 25.6. The normalized spacial score (nSPS) is 14.1. The molecule has 0 aliphatic rings. The molecule has 2 atom stereocenters. The lowest BCUT2D eigenvalue weighted by atomic mass is 10.1. The maximum absolute atomic E-state index is 12.4. The Morgan fingerprint density at radius 3 is 1.64 bits per heavy atom. The molecule has 39 heavy (non-hydrogen) atoms. The predicted octanol–water partition coefficient (Wildman–Crippen LogP) is 6.95. The summed E-state index contributed by atoms with van der Waals surface area (Å²) in [5.74, 6) is -0.811. The van der Waals surface area contributed by atoms with Crippen LogP contribution in [0.5, 0.6) is 0 Å². The monoisotopic (exact) mass is 580 g/mol. The van der Waals surface area contributed by atoms with E-state index in [4.69, 9.17) is 18.5 Å². The summed E-state index contributed by atoms with van der Waals surface area (Å²) in [5.41, 5.74) is 0. The summed E-state index contributed by atoms with van der Waals surface area (Å²) < 4.78 is 33.7. The van der Waals surface area contributed by atoms with Gasteiger partial charge >= 0.3 is 19.8 Å². The number of unbranched alkanes of at least 4 members (excludes halogenated alkanes) is 13. The minimum Gasteiger partial charge on any atom is -0.462 e. The van der Waals surface area contributed by atoms with Gasteiger partial charge in [-0.2, -0.15) is 0 Å². The maximum atomic E-state index is 12.4. The first kappa shape index (κ1) is 38.0. The molecular weight excluding hydrogens is 521 g/mol. The number of rotatable bonds is 27. The quantitative estimate of drug-likeness (QED) is 0.0481. The lowest BCUT2D eigenvalue weighted by Gasteiger charge is -2.24. The highest BCUT2D eigenvalue weighted by atomic mass is 31.2. The Morgan fingerprint density at radius 2 is 1.15 bits per heavy atom. The molecule has 0 aromatic rings. The van der Waals surface area contributed by atoms with E-state index in [-0.39, 0.29) is 25.6 Å². The molecule has 9 nitrogen and oxygen atoms in total. The first-order valence-electron chi connectivity index (χ1n) is 15.3. The topological polar surface area (TPSA) is 108 Å². The van der Waals surface area contributed by atoms with Gasteiger partial charge in [0.2, 0.25) is 0 Å². The van der Waals surface area contributed by atoms with E-state index in [0.29, 0.717) is 23.9 Å². The number of likely N-dealkylation sites (N-methyl/N-ethyl adjacent to an activating group) is 1. The zero-order valence-corrected chi connectivity index (χ0v) is 26.5. The zero-order chi connectivity index (χ0) is 29.4. The Labute approximate surface area is 238 Å². The summed E-state index contributed by atoms with van der Waals surface area (Å²) in [6.07, 6.45) is 16.1. The Kier molecular flexibility index (Phi) is 23.1. The van der Waals surface area contributed by atoms with E-state index in [1.54, 1.807) is 0 Å². The van der Waals surface area contributed by atoms with Crippen LogP contribution in [-0.2, 0) is 32.7 Å². The van der Waals surface area contributed by atoms with Crippen LogP contribution in [-0.4, -0.2) is 74.9 Å². The molecule has 0 heterocycles. The van der Waals surface area contributed by atoms with Crippen molar-refractivity contribution in [1.82, 2.24) is 0 Å². The van der Waals surface area contributed by atoms with Gasteiger partial charge in [-0.3, -0.25) is 18.6 Å². The van der Waals surface area contributed by atoms with Crippen LogP contribution in [0.4, 0.5) is 0 Å². The van der Waals surface area contributed by atoms with Gasteiger partial charge in [0.15, 0.2) is 6.10 Å². The highest BCUT2D eigenvalue weighted by Crippen LogP contribution is 2.43. The third-order valence-electron chi connectivity index (χ3n) is 6.39. The molecule has 0 bridgehead atoms. The van der Waals surface area contributed by atoms with Crippen LogP contribution in [0.15, 0.2) is 0 Å². The first-order valence-corrected chi connectivity index (χ1v) is 16.8. The number of hydrogen-bond acceptors (Lipinski definition) is 7. The van der Waals surface area contributed by atoms with E-state index >= 15 is 0 Å². The fraction of sp³-hybridized carbons (Fsp3) is 0.931. The minimum absolute atomic E-state index is 0.0352. The van der Waals surface area contributed by atoms with Crippen LogP contribution in [0.2, 0.25) is 0 Å². The Bertz CT molecular complexity index is 668. The van der Waals surface area contributed by atoms with E-state index in [1.807, 2.05) is 21.1 Å². The molecule has 0 fully saturated rings. The van der Waals surface area contributed by atoms with E-state index in [1.165, 1.54) is 44.9 Å². The molecule has 0 amide bonds. The highest BCUT2D eigenvalue weighted by Gasteiger charge is 2.27. The summed E-state index contributed by atoms with van der Waals surface area (Å²) in [4.78, 5) is 34.6. The van der Waals surface area contributed by atoms with E-state index in [0.717, 1.165) is 44.9 Å². The van der Waals surface area contributed by atoms with Gasteiger partial charge in [-0.15, -0.1) is 0 Å². The van der Waals surface area contributed by atoms with Crippen molar-refractivity contribution in [2.24, 2.45) is 0 Å². The van der Waals surface area contributed by atoms with E-state index in [9.17, 15) is 19.0 Å². The van der Waals surface area contributed by atoms with Gasteiger partial charge in [-0.1, -0.05) is 97.3 Å². The summed E-state index contributed by atoms with van der Waals surface area (Å²) in [6, 6.07) is 0. The molecule has 0 rings (SSSR count). The number of phosphoric ester groups is 1. The number of quaternary nitrogens is 1. The van der Waals surface area contributed by atoms with Gasteiger partial charge in [-0.25, -0.2) is 4.57 Å². The van der Waals surface area contributed by atoms with Crippen molar-refractivity contribution in [3.8, 4) is 0 Å².